The van der Waals surface area contributed by atoms with E-state index in [1.54, 1.807) is 13.8 Å². The lowest BCUT2D eigenvalue weighted by atomic mass is 10.5. The molecule has 0 spiro atoms. The van der Waals surface area contributed by atoms with Crippen molar-refractivity contribution >= 4 is 11.6 Å². The molecule has 0 aliphatic heterocycles. The molecule has 0 aliphatic rings. The van der Waals surface area contributed by atoms with Gasteiger partial charge in [-0.1, -0.05) is 11.6 Å². The fourth-order valence-electron chi connectivity index (χ4n) is 1.21. The fraction of sp³-hybridized carbons (Fsp3) is 0.250. The quantitative estimate of drug-likeness (QED) is 0.693. The highest BCUT2D eigenvalue weighted by Crippen LogP contribution is 2.17. The maximum absolute atomic E-state index is 12.8. The van der Waals surface area contributed by atoms with Gasteiger partial charge in [0.2, 0.25) is 0 Å². The molecule has 2 aromatic heterocycles. The summed E-state index contributed by atoms with van der Waals surface area (Å²) in [5, 5.41) is 4.27. The summed E-state index contributed by atoms with van der Waals surface area (Å²) in [5.41, 5.74) is 0. The Balaban J connectivity index is 2.62. The van der Waals surface area contributed by atoms with Gasteiger partial charge in [-0.2, -0.15) is 14.1 Å². The second-order valence-corrected chi connectivity index (χ2v) is 3.34. The smallest absolute Gasteiger partial charge is 0.217 e. The Morgan fingerprint density at radius 1 is 1.33 bits per heavy atom. The highest BCUT2D eigenvalue weighted by molar-refractivity contribution is 6.32. The third-order valence-corrected chi connectivity index (χ3v) is 2.04. The van der Waals surface area contributed by atoms with E-state index in [0.29, 0.717) is 11.6 Å². The number of rotatable bonds is 1. The Bertz CT molecular complexity index is 510. The van der Waals surface area contributed by atoms with Crippen LogP contribution in [0, 0.1) is 19.9 Å². The Morgan fingerprint density at radius 2 is 2.07 bits per heavy atom. The zero-order valence-corrected chi connectivity index (χ0v) is 8.83. The first kappa shape index (κ1) is 9.97. The normalized spacial score (nSPS) is 10.7. The maximum Gasteiger partial charge on any atom is 0.310 e. The van der Waals surface area contributed by atoms with Crippen molar-refractivity contribution in [3.63, 3.8) is 0 Å². The van der Waals surface area contributed by atoms with Crippen LogP contribution in [-0.2, 0) is 0 Å². The molecule has 0 aliphatic carbocycles. The molecule has 2 rings (SSSR count). The van der Waals surface area contributed by atoms with Crippen LogP contribution in [0.2, 0.25) is 5.02 Å². The molecular formula is C8H7ClFN5. The second kappa shape index (κ2) is 3.54. The summed E-state index contributed by atoms with van der Waals surface area (Å²) in [6.45, 7) is 3.46. The van der Waals surface area contributed by atoms with E-state index in [-0.39, 0.29) is 10.8 Å². The molecule has 0 saturated heterocycles. The number of halogens is 2. The molecule has 15 heavy (non-hydrogen) atoms. The first-order chi connectivity index (χ1) is 7.08. The van der Waals surface area contributed by atoms with Crippen molar-refractivity contribution in [1.29, 1.82) is 0 Å². The average molecular weight is 228 g/mol. The largest absolute Gasteiger partial charge is 0.310 e. The van der Waals surface area contributed by atoms with Crippen molar-refractivity contribution in [1.82, 2.24) is 24.7 Å². The van der Waals surface area contributed by atoms with Crippen LogP contribution in [0.15, 0.2) is 6.20 Å². The van der Waals surface area contributed by atoms with Gasteiger partial charge < -0.3 is 0 Å². The molecule has 0 radical (unpaired) electrons. The van der Waals surface area contributed by atoms with Gasteiger partial charge in [0.05, 0.1) is 6.20 Å². The molecule has 0 unspecified atom stereocenters. The monoisotopic (exact) mass is 227 g/mol. The van der Waals surface area contributed by atoms with Gasteiger partial charge in [-0.3, -0.25) is 0 Å². The van der Waals surface area contributed by atoms with E-state index in [2.05, 4.69) is 20.1 Å². The highest BCUT2D eigenvalue weighted by atomic mass is 35.5. The van der Waals surface area contributed by atoms with Gasteiger partial charge in [0, 0.05) is 0 Å². The zero-order chi connectivity index (χ0) is 11.0. The van der Waals surface area contributed by atoms with Crippen molar-refractivity contribution in [2.75, 3.05) is 0 Å². The first-order valence-corrected chi connectivity index (χ1v) is 4.54. The van der Waals surface area contributed by atoms with Gasteiger partial charge in [0.25, 0.3) is 0 Å². The van der Waals surface area contributed by atoms with E-state index in [9.17, 15) is 4.39 Å². The van der Waals surface area contributed by atoms with Gasteiger partial charge in [0.1, 0.15) is 16.7 Å². The molecule has 0 saturated carbocycles. The van der Waals surface area contributed by atoms with Crippen LogP contribution >= 0.6 is 11.6 Å². The molecule has 0 amide bonds. The summed E-state index contributed by atoms with van der Waals surface area (Å²) >= 11 is 5.83. The maximum atomic E-state index is 12.8. The van der Waals surface area contributed by atoms with Gasteiger partial charge in [-0.15, -0.1) is 5.10 Å². The topological polar surface area (TPSA) is 56.5 Å². The minimum Gasteiger partial charge on any atom is -0.217 e. The Morgan fingerprint density at radius 3 is 2.67 bits per heavy atom. The van der Waals surface area contributed by atoms with Gasteiger partial charge >= 0.3 is 6.08 Å². The van der Waals surface area contributed by atoms with E-state index >= 15 is 0 Å². The first-order valence-electron chi connectivity index (χ1n) is 4.16. The Labute approximate surface area is 90.0 Å². The molecule has 2 heterocycles. The molecule has 0 aromatic carbocycles. The molecule has 5 nitrogen and oxygen atoms in total. The van der Waals surface area contributed by atoms with Crippen LogP contribution in [0.1, 0.15) is 11.6 Å². The highest BCUT2D eigenvalue weighted by Gasteiger charge is 2.11. The van der Waals surface area contributed by atoms with Gasteiger partial charge in [0.15, 0.2) is 5.82 Å². The Kier molecular flexibility index (Phi) is 2.36. The lowest BCUT2D eigenvalue weighted by molar-refractivity contribution is 0.532. The summed E-state index contributed by atoms with van der Waals surface area (Å²) in [6.07, 6.45) is 0.345. The SMILES string of the molecule is Cc1nc(C)n(-c2nc(F)ncc2Cl)n1. The van der Waals surface area contributed by atoms with Crippen molar-refractivity contribution in [3.05, 3.63) is 28.9 Å². The van der Waals surface area contributed by atoms with Crippen LogP contribution in [-0.4, -0.2) is 24.7 Å². The third-order valence-electron chi connectivity index (χ3n) is 1.77. The number of hydrogen-bond acceptors (Lipinski definition) is 4. The summed E-state index contributed by atoms with van der Waals surface area (Å²) in [6, 6.07) is 0. The zero-order valence-electron chi connectivity index (χ0n) is 8.07. The van der Waals surface area contributed by atoms with Crippen molar-refractivity contribution in [2.45, 2.75) is 13.8 Å². The fourth-order valence-corrected chi connectivity index (χ4v) is 1.38. The van der Waals surface area contributed by atoms with E-state index in [0.717, 1.165) is 0 Å². The Hall–Kier alpha value is -1.56. The average Bonchev–Trinajstić information content (AvgIpc) is 2.50. The molecule has 78 valence electrons. The van der Waals surface area contributed by atoms with Crippen LogP contribution in [0.3, 0.4) is 0 Å². The molecule has 7 heteroatoms. The van der Waals surface area contributed by atoms with Gasteiger partial charge in [-0.25, -0.2) is 9.97 Å². The standard InChI is InChI=1S/C8H7ClFN5/c1-4-12-5(2)15(14-4)7-6(9)3-11-8(10)13-7/h3H,1-2H3. The molecule has 0 N–H and O–H groups in total. The summed E-state index contributed by atoms with van der Waals surface area (Å²) < 4.78 is 14.2. The van der Waals surface area contributed by atoms with E-state index in [1.165, 1.54) is 10.9 Å². The van der Waals surface area contributed by atoms with Crippen molar-refractivity contribution < 1.29 is 4.39 Å². The summed E-state index contributed by atoms with van der Waals surface area (Å²) in [4.78, 5) is 11.0. The number of aryl methyl sites for hydroxylation is 2. The molecule has 0 atom stereocenters. The van der Waals surface area contributed by atoms with E-state index < -0.39 is 6.08 Å². The molecule has 0 fully saturated rings. The van der Waals surface area contributed by atoms with E-state index in [1.807, 2.05) is 0 Å². The van der Waals surface area contributed by atoms with Crippen LogP contribution < -0.4 is 0 Å². The predicted molar refractivity (Wildman–Crippen MR) is 51.4 cm³/mol. The van der Waals surface area contributed by atoms with Crippen molar-refractivity contribution in [3.8, 4) is 5.82 Å². The lowest BCUT2D eigenvalue weighted by Gasteiger charge is -2.02. The van der Waals surface area contributed by atoms with Gasteiger partial charge in [-0.05, 0) is 13.8 Å². The molecular weight excluding hydrogens is 221 g/mol. The minimum absolute atomic E-state index is 0.197. The molecule has 0 bridgehead atoms. The number of aromatic nitrogens is 5. The van der Waals surface area contributed by atoms with Crippen molar-refractivity contribution in [2.24, 2.45) is 0 Å². The predicted octanol–water partition coefficient (Wildman–Crippen LogP) is 1.47. The van der Waals surface area contributed by atoms with Crippen LogP contribution in [0.4, 0.5) is 4.39 Å². The lowest BCUT2D eigenvalue weighted by Crippen LogP contribution is -2.05. The van der Waals surface area contributed by atoms with E-state index in [4.69, 9.17) is 11.6 Å². The number of nitrogens with zero attached hydrogens (tertiary/aromatic N) is 5. The summed E-state index contributed by atoms with van der Waals surface area (Å²) in [5.74, 6) is 1.36. The second-order valence-electron chi connectivity index (χ2n) is 2.93. The van der Waals surface area contributed by atoms with Crippen LogP contribution in [0.25, 0.3) is 5.82 Å². The number of hydrogen-bond donors (Lipinski definition) is 0. The summed E-state index contributed by atoms with van der Waals surface area (Å²) in [7, 11) is 0. The van der Waals surface area contributed by atoms with Crippen LogP contribution in [0.5, 0.6) is 0 Å². The minimum atomic E-state index is -0.845. The molecule has 2 aromatic rings. The third kappa shape index (κ3) is 1.80.